The number of aromatic carboxylic acids is 1. The minimum Gasteiger partial charge on any atom is -0.477 e. The molecule has 1 aromatic rings. The molecule has 0 aliphatic rings. The zero-order chi connectivity index (χ0) is 9.30. The third-order valence-corrected chi connectivity index (χ3v) is 1.50. The third kappa shape index (κ3) is 1.28. The predicted molar refractivity (Wildman–Crippen MR) is 38.1 cm³/mol. The third-order valence-electron chi connectivity index (χ3n) is 1.50. The van der Waals surface area contributed by atoms with Crippen molar-refractivity contribution in [3.05, 3.63) is 34.9 Å². The first-order chi connectivity index (χ1) is 5.54. The molecule has 1 rings (SSSR count). The number of benzene rings is 1. The van der Waals surface area contributed by atoms with Crippen LogP contribution < -0.4 is 0 Å². The van der Waals surface area contributed by atoms with Gasteiger partial charge in [0, 0.05) is 0 Å². The summed E-state index contributed by atoms with van der Waals surface area (Å²) in [5, 5.41) is 8.39. The van der Waals surface area contributed by atoms with Gasteiger partial charge in [0.15, 0.2) is 0 Å². The molecule has 1 aromatic carbocycles. The molecule has 0 amide bonds. The van der Waals surface area contributed by atoms with Crippen molar-refractivity contribution in [2.75, 3.05) is 0 Å². The lowest BCUT2D eigenvalue weighted by molar-refractivity contribution is 0.0686. The van der Waals surface area contributed by atoms with Crippen molar-refractivity contribution < 1.29 is 18.7 Å². The van der Waals surface area contributed by atoms with E-state index < -0.39 is 23.2 Å². The average molecular weight is 172 g/mol. The van der Waals surface area contributed by atoms with Crippen LogP contribution >= 0.6 is 0 Å². The maximum atomic E-state index is 12.9. The van der Waals surface area contributed by atoms with Crippen LogP contribution in [0.3, 0.4) is 0 Å². The minimum absolute atomic E-state index is 0.119. The lowest BCUT2D eigenvalue weighted by atomic mass is 10.1. The summed E-state index contributed by atoms with van der Waals surface area (Å²) in [7, 11) is 0. The van der Waals surface area contributed by atoms with E-state index in [9.17, 15) is 13.6 Å². The van der Waals surface area contributed by atoms with E-state index in [1.54, 1.807) is 0 Å². The molecule has 0 saturated heterocycles. The zero-order valence-electron chi connectivity index (χ0n) is 6.27. The molecule has 1 N–H and O–H groups in total. The molecule has 2 nitrogen and oxygen atoms in total. The number of carbonyl (C=O) groups is 1. The van der Waals surface area contributed by atoms with Crippen molar-refractivity contribution in [3.8, 4) is 0 Å². The molecule has 12 heavy (non-hydrogen) atoms. The first-order valence-corrected chi connectivity index (χ1v) is 3.22. The van der Waals surface area contributed by atoms with Gasteiger partial charge >= 0.3 is 5.97 Å². The number of aryl methyl sites for hydroxylation is 1. The van der Waals surface area contributed by atoms with Crippen molar-refractivity contribution in [3.63, 3.8) is 0 Å². The summed E-state index contributed by atoms with van der Waals surface area (Å²) in [6.45, 7) is 1.38. The summed E-state index contributed by atoms with van der Waals surface area (Å²) in [5.41, 5.74) is -0.774. The Morgan fingerprint density at radius 3 is 2.42 bits per heavy atom. The second-order valence-corrected chi connectivity index (χ2v) is 2.36. The second-order valence-electron chi connectivity index (χ2n) is 2.36. The fourth-order valence-electron chi connectivity index (χ4n) is 0.853. The Labute approximate surface area is 67.4 Å². The van der Waals surface area contributed by atoms with E-state index in [-0.39, 0.29) is 5.56 Å². The second kappa shape index (κ2) is 2.89. The molecule has 64 valence electrons. The number of hydrogen-bond acceptors (Lipinski definition) is 1. The molecular weight excluding hydrogens is 166 g/mol. The highest BCUT2D eigenvalue weighted by Crippen LogP contribution is 2.15. The van der Waals surface area contributed by atoms with E-state index in [1.807, 2.05) is 0 Å². The zero-order valence-corrected chi connectivity index (χ0v) is 6.27. The summed E-state index contributed by atoms with van der Waals surface area (Å²) in [4.78, 5) is 10.3. The SMILES string of the molecule is Cc1ccc(F)c(C(=O)O)c1F. The summed E-state index contributed by atoms with van der Waals surface area (Å²) < 4.78 is 25.6. The highest BCUT2D eigenvalue weighted by molar-refractivity contribution is 5.88. The first-order valence-electron chi connectivity index (χ1n) is 3.22. The number of halogens is 2. The normalized spacial score (nSPS) is 9.92. The van der Waals surface area contributed by atoms with Crippen LogP contribution in [0.1, 0.15) is 15.9 Å². The van der Waals surface area contributed by atoms with Crippen molar-refractivity contribution in [1.82, 2.24) is 0 Å². The molecule has 0 saturated carbocycles. The summed E-state index contributed by atoms with van der Waals surface area (Å²) in [6.07, 6.45) is 0. The van der Waals surface area contributed by atoms with Crippen LogP contribution in [0.15, 0.2) is 12.1 Å². The molecule has 0 radical (unpaired) electrons. The van der Waals surface area contributed by atoms with Gasteiger partial charge in [-0.05, 0) is 18.6 Å². The van der Waals surface area contributed by atoms with E-state index in [0.717, 1.165) is 6.07 Å². The van der Waals surface area contributed by atoms with Gasteiger partial charge < -0.3 is 5.11 Å². The molecule has 0 bridgehead atoms. The maximum absolute atomic E-state index is 12.9. The smallest absolute Gasteiger partial charge is 0.341 e. The molecule has 0 fully saturated rings. The molecule has 0 heterocycles. The van der Waals surface area contributed by atoms with Crippen LogP contribution in [-0.2, 0) is 0 Å². The largest absolute Gasteiger partial charge is 0.477 e. The van der Waals surface area contributed by atoms with Crippen molar-refractivity contribution >= 4 is 5.97 Å². The predicted octanol–water partition coefficient (Wildman–Crippen LogP) is 1.97. The molecule has 0 aliphatic carbocycles. The first kappa shape index (κ1) is 8.64. The topological polar surface area (TPSA) is 37.3 Å². The van der Waals surface area contributed by atoms with E-state index in [2.05, 4.69) is 0 Å². The molecule has 4 heteroatoms. The molecule has 0 spiro atoms. The van der Waals surface area contributed by atoms with Crippen molar-refractivity contribution in [2.45, 2.75) is 6.92 Å². The fourth-order valence-corrected chi connectivity index (χ4v) is 0.853. The Morgan fingerprint density at radius 1 is 1.42 bits per heavy atom. The van der Waals surface area contributed by atoms with E-state index >= 15 is 0 Å². The van der Waals surface area contributed by atoms with Gasteiger partial charge in [0.1, 0.15) is 17.2 Å². The van der Waals surface area contributed by atoms with Gasteiger partial charge in [-0.1, -0.05) is 6.07 Å². The van der Waals surface area contributed by atoms with Gasteiger partial charge in [-0.15, -0.1) is 0 Å². The van der Waals surface area contributed by atoms with Gasteiger partial charge in [0.2, 0.25) is 0 Å². The Bertz CT molecular complexity index is 334. The molecular formula is C8H6F2O2. The highest BCUT2D eigenvalue weighted by Gasteiger charge is 2.17. The van der Waals surface area contributed by atoms with E-state index in [4.69, 9.17) is 5.11 Å². The van der Waals surface area contributed by atoms with Crippen LogP contribution in [0.2, 0.25) is 0 Å². The Kier molecular flexibility index (Phi) is 2.08. The fraction of sp³-hybridized carbons (Fsp3) is 0.125. The molecule has 0 aliphatic heterocycles. The van der Waals surface area contributed by atoms with Crippen molar-refractivity contribution in [2.24, 2.45) is 0 Å². The summed E-state index contributed by atoms with van der Waals surface area (Å²) in [5.74, 6) is -3.65. The Morgan fingerprint density at radius 2 is 2.00 bits per heavy atom. The van der Waals surface area contributed by atoms with Gasteiger partial charge in [-0.3, -0.25) is 0 Å². The number of hydrogen-bond donors (Lipinski definition) is 1. The lowest BCUT2D eigenvalue weighted by Gasteiger charge is -2.01. The Hall–Kier alpha value is -1.45. The van der Waals surface area contributed by atoms with Crippen LogP contribution in [-0.4, -0.2) is 11.1 Å². The number of rotatable bonds is 1. The molecule has 0 atom stereocenters. The standard InChI is InChI=1S/C8H6F2O2/c1-4-2-3-5(9)6(7(4)10)8(11)12/h2-3H,1H3,(H,11,12). The Balaban J connectivity index is 3.43. The van der Waals surface area contributed by atoms with Crippen LogP contribution in [0.4, 0.5) is 8.78 Å². The number of carboxylic acids is 1. The maximum Gasteiger partial charge on any atom is 0.341 e. The minimum atomic E-state index is -1.59. The number of carboxylic acid groups (broad SMARTS) is 1. The van der Waals surface area contributed by atoms with Gasteiger partial charge in [-0.2, -0.15) is 0 Å². The summed E-state index contributed by atoms with van der Waals surface area (Å²) in [6, 6.07) is 2.12. The van der Waals surface area contributed by atoms with Crippen molar-refractivity contribution in [1.29, 1.82) is 0 Å². The molecule has 0 unspecified atom stereocenters. The highest BCUT2D eigenvalue weighted by atomic mass is 19.1. The van der Waals surface area contributed by atoms with Gasteiger partial charge in [0.25, 0.3) is 0 Å². The van der Waals surface area contributed by atoms with Gasteiger partial charge in [-0.25, -0.2) is 13.6 Å². The monoisotopic (exact) mass is 172 g/mol. The lowest BCUT2D eigenvalue weighted by Crippen LogP contribution is -2.05. The molecule has 0 aromatic heterocycles. The van der Waals surface area contributed by atoms with Crippen LogP contribution in [0.25, 0.3) is 0 Å². The average Bonchev–Trinajstić information content (AvgIpc) is 1.97. The van der Waals surface area contributed by atoms with Gasteiger partial charge in [0.05, 0.1) is 0 Å². The van der Waals surface area contributed by atoms with Crippen LogP contribution in [0.5, 0.6) is 0 Å². The van der Waals surface area contributed by atoms with E-state index in [0.29, 0.717) is 0 Å². The summed E-state index contributed by atoms with van der Waals surface area (Å²) >= 11 is 0. The van der Waals surface area contributed by atoms with Crippen LogP contribution in [0, 0.1) is 18.6 Å². The van der Waals surface area contributed by atoms with E-state index in [1.165, 1.54) is 13.0 Å². The quantitative estimate of drug-likeness (QED) is 0.703.